The fourth-order valence-electron chi connectivity index (χ4n) is 2.73. The fourth-order valence-corrected chi connectivity index (χ4v) is 3.66. The Morgan fingerprint density at radius 1 is 1.17 bits per heavy atom. The minimum atomic E-state index is -3.74. The number of carbonyl (C=O) groups is 1. The highest BCUT2D eigenvalue weighted by molar-refractivity contribution is 7.89. The molecule has 0 spiro atoms. The van der Waals surface area contributed by atoms with E-state index in [9.17, 15) is 17.6 Å². The first kappa shape index (κ1) is 16.6. The molecule has 0 aliphatic carbocycles. The number of benzene rings is 2. The quantitative estimate of drug-likeness (QED) is 0.855. The molecule has 1 aliphatic heterocycles. The summed E-state index contributed by atoms with van der Waals surface area (Å²) < 4.78 is 39.6. The highest BCUT2D eigenvalue weighted by Gasteiger charge is 2.28. The van der Waals surface area contributed by atoms with E-state index in [-0.39, 0.29) is 10.5 Å². The van der Waals surface area contributed by atoms with Crippen molar-refractivity contribution in [1.29, 1.82) is 0 Å². The van der Waals surface area contributed by atoms with Crippen LogP contribution in [-0.2, 0) is 16.4 Å². The average Bonchev–Trinajstić information content (AvgIpc) is 2.98. The summed E-state index contributed by atoms with van der Waals surface area (Å²) in [6.07, 6.45) is 0.694. The summed E-state index contributed by atoms with van der Waals surface area (Å²) in [6, 6.07) is 10.7. The molecule has 126 valence electrons. The molecule has 0 saturated carbocycles. The van der Waals surface area contributed by atoms with Crippen molar-refractivity contribution in [1.82, 2.24) is 4.31 Å². The van der Waals surface area contributed by atoms with Crippen molar-refractivity contribution in [2.45, 2.75) is 11.3 Å². The number of anilines is 1. The largest absolute Gasteiger partial charge is 0.308 e. The van der Waals surface area contributed by atoms with Crippen molar-refractivity contribution in [3.05, 3.63) is 59.4 Å². The molecule has 0 N–H and O–H groups in total. The summed E-state index contributed by atoms with van der Waals surface area (Å²) >= 11 is 0. The van der Waals surface area contributed by atoms with E-state index in [1.165, 1.54) is 25.1 Å². The zero-order valence-electron chi connectivity index (χ0n) is 13.4. The molecular weight excluding hydrogens is 331 g/mol. The van der Waals surface area contributed by atoms with Crippen molar-refractivity contribution >= 4 is 21.6 Å². The van der Waals surface area contributed by atoms with Gasteiger partial charge in [0.05, 0.1) is 10.5 Å². The minimum absolute atomic E-state index is 0.107. The maximum atomic E-state index is 14.2. The van der Waals surface area contributed by atoms with E-state index >= 15 is 0 Å². The lowest BCUT2D eigenvalue weighted by Gasteiger charge is -2.19. The minimum Gasteiger partial charge on any atom is -0.308 e. The second-order valence-electron chi connectivity index (χ2n) is 5.76. The van der Waals surface area contributed by atoms with Crippen LogP contribution in [0.25, 0.3) is 0 Å². The van der Waals surface area contributed by atoms with Gasteiger partial charge in [0.15, 0.2) is 0 Å². The Bertz CT molecular complexity index is 910. The van der Waals surface area contributed by atoms with E-state index < -0.39 is 21.7 Å². The molecule has 1 amide bonds. The van der Waals surface area contributed by atoms with Crippen LogP contribution >= 0.6 is 0 Å². The number of hydrogen-bond acceptors (Lipinski definition) is 3. The number of nitrogens with zero attached hydrogens (tertiary/aromatic N) is 2. The number of fused-ring (bicyclic) bond motifs is 1. The van der Waals surface area contributed by atoms with Crippen LogP contribution in [0, 0.1) is 5.82 Å². The van der Waals surface area contributed by atoms with E-state index in [0.29, 0.717) is 13.0 Å². The zero-order chi connectivity index (χ0) is 17.5. The van der Waals surface area contributed by atoms with Gasteiger partial charge < -0.3 is 4.90 Å². The number of halogens is 1. The molecule has 24 heavy (non-hydrogen) atoms. The van der Waals surface area contributed by atoms with Gasteiger partial charge in [-0.15, -0.1) is 0 Å². The lowest BCUT2D eigenvalue weighted by molar-refractivity contribution is 0.0985. The SMILES string of the molecule is CN(C)S(=O)(=O)c1ccc(F)c(C(=O)N2CCc3ccccc32)c1. The first-order valence-corrected chi connectivity index (χ1v) is 8.88. The molecule has 1 aliphatic rings. The van der Waals surface area contributed by atoms with Crippen LogP contribution in [0.2, 0.25) is 0 Å². The van der Waals surface area contributed by atoms with Crippen molar-refractivity contribution in [3.8, 4) is 0 Å². The summed E-state index contributed by atoms with van der Waals surface area (Å²) in [5.41, 5.74) is 1.51. The van der Waals surface area contributed by atoms with Crippen LogP contribution in [0.15, 0.2) is 47.4 Å². The van der Waals surface area contributed by atoms with Crippen LogP contribution < -0.4 is 4.90 Å². The van der Waals surface area contributed by atoms with Crippen LogP contribution in [-0.4, -0.2) is 39.3 Å². The third-order valence-corrected chi connectivity index (χ3v) is 5.89. The molecule has 0 radical (unpaired) electrons. The van der Waals surface area contributed by atoms with Crippen LogP contribution in [0.1, 0.15) is 15.9 Å². The van der Waals surface area contributed by atoms with Crippen molar-refractivity contribution < 1.29 is 17.6 Å². The Balaban J connectivity index is 2.03. The Morgan fingerprint density at radius 2 is 1.88 bits per heavy atom. The van der Waals surface area contributed by atoms with Crippen LogP contribution in [0.3, 0.4) is 0 Å². The van der Waals surface area contributed by atoms with E-state index in [4.69, 9.17) is 0 Å². The summed E-state index contributed by atoms with van der Waals surface area (Å²) in [7, 11) is -0.966. The number of hydrogen-bond donors (Lipinski definition) is 0. The third kappa shape index (κ3) is 2.70. The molecule has 7 heteroatoms. The number of rotatable bonds is 3. The van der Waals surface area contributed by atoms with Gasteiger partial charge in [0.25, 0.3) is 5.91 Å². The maximum absolute atomic E-state index is 14.2. The van der Waals surface area contributed by atoms with Gasteiger partial charge in [0.2, 0.25) is 10.0 Å². The molecule has 0 atom stereocenters. The van der Waals surface area contributed by atoms with Gasteiger partial charge in [0, 0.05) is 26.3 Å². The molecule has 1 heterocycles. The Labute approximate surface area is 140 Å². The molecule has 0 aromatic heterocycles. The average molecular weight is 348 g/mol. The monoisotopic (exact) mass is 348 g/mol. The van der Waals surface area contributed by atoms with Crippen molar-refractivity contribution in [3.63, 3.8) is 0 Å². The van der Waals surface area contributed by atoms with Crippen LogP contribution in [0.4, 0.5) is 10.1 Å². The highest BCUT2D eigenvalue weighted by Crippen LogP contribution is 2.30. The molecule has 0 fully saturated rings. The van der Waals surface area contributed by atoms with E-state index in [2.05, 4.69) is 0 Å². The van der Waals surface area contributed by atoms with Gasteiger partial charge in [-0.05, 0) is 36.2 Å². The smallest absolute Gasteiger partial charge is 0.261 e. The molecule has 5 nitrogen and oxygen atoms in total. The van der Waals surface area contributed by atoms with Gasteiger partial charge in [-0.1, -0.05) is 18.2 Å². The molecule has 0 unspecified atom stereocenters. The first-order chi connectivity index (χ1) is 11.3. The first-order valence-electron chi connectivity index (χ1n) is 7.44. The second-order valence-corrected chi connectivity index (χ2v) is 7.92. The molecule has 0 saturated heterocycles. The predicted molar refractivity (Wildman–Crippen MR) is 89.1 cm³/mol. The van der Waals surface area contributed by atoms with Gasteiger partial charge in [-0.3, -0.25) is 4.79 Å². The van der Waals surface area contributed by atoms with Crippen molar-refractivity contribution in [2.24, 2.45) is 0 Å². The molecule has 3 rings (SSSR count). The van der Waals surface area contributed by atoms with Gasteiger partial charge >= 0.3 is 0 Å². The van der Waals surface area contributed by atoms with E-state index in [1.807, 2.05) is 18.2 Å². The third-order valence-electron chi connectivity index (χ3n) is 4.08. The maximum Gasteiger partial charge on any atom is 0.261 e. The summed E-state index contributed by atoms with van der Waals surface area (Å²) in [4.78, 5) is 14.1. The fraction of sp³-hybridized carbons (Fsp3) is 0.235. The zero-order valence-corrected chi connectivity index (χ0v) is 14.2. The number of carbonyl (C=O) groups excluding carboxylic acids is 1. The van der Waals surface area contributed by atoms with Gasteiger partial charge in [-0.25, -0.2) is 17.1 Å². The van der Waals surface area contributed by atoms with Gasteiger partial charge in [0.1, 0.15) is 5.82 Å². The van der Waals surface area contributed by atoms with Gasteiger partial charge in [-0.2, -0.15) is 0 Å². The summed E-state index contributed by atoms with van der Waals surface area (Å²) in [5, 5.41) is 0. The number of para-hydroxylation sites is 1. The Kier molecular flexibility index (Phi) is 4.15. The number of sulfonamides is 1. The Morgan fingerprint density at radius 3 is 2.58 bits per heavy atom. The summed E-state index contributed by atoms with van der Waals surface area (Å²) in [5.74, 6) is -1.27. The predicted octanol–water partition coefficient (Wildman–Crippen LogP) is 2.28. The summed E-state index contributed by atoms with van der Waals surface area (Å²) in [6.45, 7) is 0.447. The molecule has 0 bridgehead atoms. The van der Waals surface area contributed by atoms with Crippen molar-refractivity contribution in [2.75, 3.05) is 25.5 Å². The lowest BCUT2D eigenvalue weighted by atomic mass is 10.1. The van der Waals surface area contributed by atoms with Crippen LogP contribution in [0.5, 0.6) is 0 Å². The standard InChI is InChI=1S/C17H17FN2O3S/c1-19(2)24(22,23)13-7-8-15(18)14(11-13)17(21)20-10-9-12-5-3-4-6-16(12)20/h3-8,11H,9-10H2,1-2H3. The topological polar surface area (TPSA) is 57.7 Å². The highest BCUT2D eigenvalue weighted by atomic mass is 32.2. The molecule has 2 aromatic rings. The number of amides is 1. The normalized spacial score (nSPS) is 14.1. The second kappa shape index (κ2) is 5.99. The van der Waals surface area contributed by atoms with E-state index in [0.717, 1.165) is 27.7 Å². The lowest BCUT2D eigenvalue weighted by Crippen LogP contribution is -2.30. The Hall–Kier alpha value is -2.25. The molecular formula is C17H17FN2O3S. The van der Waals surface area contributed by atoms with E-state index in [1.54, 1.807) is 6.07 Å². The molecule has 2 aromatic carbocycles.